The molecule has 1 unspecified atom stereocenters. The van der Waals surface area contributed by atoms with Crippen molar-refractivity contribution in [2.45, 2.75) is 32.3 Å². The van der Waals surface area contributed by atoms with Crippen LogP contribution >= 0.6 is 11.3 Å². The molecule has 0 bridgehead atoms. The molecule has 0 saturated heterocycles. The number of aromatic nitrogens is 1. The van der Waals surface area contributed by atoms with Crippen molar-refractivity contribution < 1.29 is 9.53 Å². The molecule has 0 aliphatic rings. The monoisotopic (exact) mass is 368 g/mol. The highest BCUT2D eigenvalue weighted by atomic mass is 32.1. The molecule has 0 saturated carbocycles. The van der Waals surface area contributed by atoms with Crippen molar-refractivity contribution in [3.05, 3.63) is 65.2 Å². The molecule has 3 aromatic rings. The van der Waals surface area contributed by atoms with E-state index in [9.17, 15) is 4.79 Å². The molecule has 5 heteroatoms. The molecule has 2 aromatic carbocycles. The zero-order valence-electron chi connectivity index (χ0n) is 15.0. The molecule has 0 spiro atoms. The van der Waals surface area contributed by atoms with Gasteiger partial charge in [-0.2, -0.15) is 0 Å². The van der Waals surface area contributed by atoms with Crippen LogP contribution in [-0.4, -0.2) is 24.0 Å². The third kappa shape index (κ3) is 5.38. The van der Waals surface area contributed by atoms with Crippen LogP contribution in [0.15, 0.2) is 54.6 Å². The summed E-state index contributed by atoms with van der Waals surface area (Å²) in [6, 6.07) is 18.2. The summed E-state index contributed by atoms with van der Waals surface area (Å²) in [5.74, 6) is 0.0698. The van der Waals surface area contributed by atoms with Crippen molar-refractivity contribution in [2.24, 2.45) is 0 Å². The highest BCUT2D eigenvalue weighted by Crippen LogP contribution is 2.22. The van der Waals surface area contributed by atoms with Crippen LogP contribution in [0.2, 0.25) is 0 Å². The molecule has 3 rings (SSSR count). The Labute approximate surface area is 158 Å². The maximum atomic E-state index is 12.0. The molecular formula is C21H24N2O2S. The van der Waals surface area contributed by atoms with E-state index in [1.165, 1.54) is 10.3 Å². The van der Waals surface area contributed by atoms with Gasteiger partial charge in [0.2, 0.25) is 5.91 Å². The molecule has 1 N–H and O–H groups in total. The Morgan fingerprint density at radius 3 is 2.73 bits per heavy atom. The SMILES string of the molecule is CC(OCCCNC(=O)CCc1nc2ccccc2s1)c1ccccc1. The summed E-state index contributed by atoms with van der Waals surface area (Å²) in [4.78, 5) is 16.5. The van der Waals surface area contributed by atoms with E-state index in [0.717, 1.165) is 16.9 Å². The predicted octanol–water partition coefficient (Wildman–Crippen LogP) is 4.51. The number of carbonyl (C=O) groups is 1. The van der Waals surface area contributed by atoms with Gasteiger partial charge in [-0.1, -0.05) is 42.5 Å². The standard InChI is InChI=1S/C21H24N2O2S/c1-16(17-8-3-2-4-9-17)25-15-7-14-22-20(24)12-13-21-23-18-10-5-6-11-19(18)26-21/h2-6,8-11,16H,7,12-15H2,1H3,(H,22,24). The third-order valence-electron chi connectivity index (χ3n) is 4.18. The van der Waals surface area contributed by atoms with Crippen molar-refractivity contribution >= 4 is 27.5 Å². The molecule has 0 radical (unpaired) electrons. The predicted molar refractivity (Wildman–Crippen MR) is 106 cm³/mol. The number of carbonyl (C=O) groups excluding carboxylic acids is 1. The normalized spacial score (nSPS) is 12.2. The van der Waals surface area contributed by atoms with Gasteiger partial charge in [-0.15, -0.1) is 11.3 Å². The summed E-state index contributed by atoms with van der Waals surface area (Å²) in [5, 5.41) is 3.97. The molecule has 1 amide bonds. The lowest BCUT2D eigenvalue weighted by molar-refractivity contribution is -0.121. The average molecular weight is 369 g/mol. The number of benzene rings is 2. The first-order valence-corrected chi connectivity index (χ1v) is 9.82. The van der Waals surface area contributed by atoms with Gasteiger partial charge in [0, 0.05) is 26.0 Å². The van der Waals surface area contributed by atoms with Crippen LogP contribution in [0.25, 0.3) is 10.2 Å². The lowest BCUT2D eigenvalue weighted by atomic mass is 10.1. The quantitative estimate of drug-likeness (QED) is 0.565. The van der Waals surface area contributed by atoms with Crippen molar-refractivity contribution in [3.63, 3.8) is 0 Å². The Morgan fingerprint density at radius 1 is 1.15 bits per heavy atom. The van der Waals surface area contributed by atoms with Crippen LogP contribution in [0.5, 0.6) is 0 Å². The largest absolute Gasteiger partial charge is 0.374 e. The van der Waals surface area contributed by atoms with Crippen molar-refractivity contribution in [1.29, 1.82) is 0 Å². The fourth-order valence-corrected chi connectivity index (χ4v) is 3.68. The van der Waals surface area contributed by atoms with Gasteiger partial charge in [-0.25, -0.2) is 4.98 Å². The summed E-state index contributed by atoms with van der Waals surface area (Å²) in [6.07, 6.45) is 2.05. The number of aryl methyl sites for hydroxylation is 1. The van der Waals surface area contributed by atoms with Crippen LogP contribution in [0.4, 0.5) is 0 Å². The Hall–Kier alpha value is -2.24. The number of rotatable bonds is 9. The molecule has 1 atom stereocenters. The fourth-order valence-electron chi connectivity index (χ4n) is 2.72. The molecule has 0 aliphatic heterocycles. The highest BCUT2D eigenvalue weighted by Gasteiger charge is 2.07. The number of hydrogen-bond acceptors (Lipinski definition) is 4. The Kier molecular flexibility index (Phi) is 6.75. The lowest BCUT2D eigenvalue weighted by Crippen LogP contribution is -2.25. The Morgan fingerprint density at radius 2 is 1.92 bits per heavy atom. The number of ether oxygens (including phenoxy) is 1. The second kappa shape index (κ2) is 9.46. The zero-order chi connectivity index (χ0) is 18.2. The second-order valence-corrected chi connectivity index (χ2v) is 7.32. The summed E-state index contributed by atoms with van der Waals surface area (Å²) in [7, 11) is 0. The average Bonchev–Trinajstić information content (AvgIpc) is 3.09. The molecule has 1 aromatic heterocycles. The number of hydrogen-bond donors (Lipinski definition) is 1. The minimum Gasteiger partial charge on any atom is -0.374 e. The maximum Gasteiger partial charge on any atom is 0.220 e. The van der Waals surface area contributed by atoms with Crippen LogP contribution < -0.4 is 5.32 Å². The molecule has 1 heterocycles. The molecule has 136 valence electrons. The van der Waals surface area contributed by atoms with E-state index in [4.69, 9.17) is 4.74 Å². The van der Waals surface area contributed by atoms with E-state index in [2.05, 4.69) is 28.5 Å². The molecule has 26 heavy (non-hydrogen) atoms. The fraction of sp³-hybridized carbons (Fsp3) is 0.333. The zero-order valence-corrected chi connectivity index (χ0v) is 15.8. The van der Waals surface area contributed by atoms with E-state index < -0.39 is 0 Å². The minimum absolute atomic E-state index is 0.0698. The van der Waals surface area contributed by atoms with Gasteiger partial charge in [-0.3, -0.25) is 4.79 Å². The van der Waals surface area contributed by atoms with Crippen molar-refractivity contribution in [1.82, 2.24) is 10.3 Å². The Bertz CT molecular complexity index is 799. The molecule has 4 nitrogen and oxygen atoms in total. The number of amides is 1. The maximum absolute atomic E-state index is 12.0. The smallest absolute Gasteiger partial charge is 0.220 e. The van der Waals surface area contributed by atoms with Gasteiger partial charge in [0.1, 0.15) is 0 Å². The van der Waals surface area contributed by atoms with Gasteiger partial charge >= 0.3 is 0 Å². The summed E-state index contributed by atoms with van der Waals surface area (Å²) >= 11 is 1.66. The van der Waals surface area contributed by atoms with Crippen molar-refractivity contribution in [2.75, 3.05) is 13.2 Å². The van der Waals surface area contributed by atoms with Gasteiger partial charge in [0.15, 0.2) is 0 Å². The van der Waals surface area contributed by atoms with Gasteiger partial charge in [0.05, 0.1) is 21.3 Å². The summed E-state index contributed by atoms with van der Waals surface area (Å²) in [6.45, 7) is 3.32. The van der Waals surface area contributed by atoms with Gasteiger partial charge in [0.25, 0.3) is 0 Å². The van der Waals surface area contributed by atoms with Crippen molar-refractivity contribution in [3.8, 4) is 0 Å². The van der Waals surface area contributed by atoms with E-state index in [0.29, 0.717) is 26.0 Å². The van der Waals surface area contributed by atoms with Gasteiger partial charge in [-0.05, 0) is 31.0 Å². The second-order valence-electron chi connectivity index (χ2n) is 6.20. The Balaban J connectivity index is 1.30. The van der Waals surface area contributed by atoms with Crippen LogP contribution in [0, 0.1) is 0 Å². The first-order chi connectivity index (χ1) is 12.7. The topological polar surface area (TPSA) is 51.2 Å². The van der Waals surface area contributed by atoms with Crippen LogP contribution in [-0.2, 0) is 16.0 Å². The van der Waals surface area contributed by atoms with E-state index in [-0.39, 0.29) is 12.0 Å². The molecule has 0 aliphatic carbocycles. The number of para-hydroxylation sites is 1. The number of nitrogens with zero attached hydrogens (tertiary/aromatic N) is 1. The first-order valence-electron chi connectivity index (χ1n) is 9.00. The number of thiazole rings is 1. The van der Waals surface area contributed by atoms with Gasteiger partial charge < -0.3 is 10.1 Å². The van der Waals surface area contributed by atoms with E-state index in [1.54, 1.807) is 11.3 Å². The third-order valence-corrected chi connectivity index (χ3v) is 5.28. The van der Waals surface area contributed by atoms with E-state index in [1.807, 2.05) is 43.3 Å². The summed E-state index contributed by atoms with van der Waals surface area (Å²) < 4.78 is 6.99. The molecule has 0 fully saturated rings. The minimum atomic E-state index is 0.0698. The number of fused-ring (bicyclic) bond motifs is 1. The first kappa shape index (κ1) is 18.5. The van der Waals surface area contributed by atoms with Crippen LogP contribution in [0.1, 0.15) is 36.4 Å². The van der Waals surface area contributed by atoms with E-state index >= 15 is 0 Å². The number of nitrogens with one attached hydrogen (secondary N) is 1. The summed E-state index contributed by atoms with van der Waals surface area (Å²) in [5.41, 5.74) is 2.19. The highest BCUT2D eigenvalue weighted by molar-refractivity contribution is 7.18. The lowest BCUT2D eigenvalue weighted by Gasteiger charge is -2.13. The van der Waals surface area contributed by atoms with Crippen LogP contribution in [0.3, 0.4) is 0 Å². The molecular weight excluding hydrogens is 344 g/mol.